The van der Waals surface area contributed by atoms with Crippen molar-refractivity contribution in [2.75, 3.05) is 26.3 Å². The minimum Gasteiger partial charge on any atom is -0.379 e. The van der Waals surface area contributed by atoms with Crippen LogP contribution in [0.3, 0.4) is 0 Å². The quantitative estimate of drug-likeness (QED) is 0.827. The second kappa shape index (κ2) is 7.18. The van der Waals surface area contributed by atoms with Gasteiger partial charge in [0, 0.05) is 30.4 Å². The van der Waals surface area contributed by atoms with Crippen LogP contribution in [0.4, 0.5) is 0 Å². The Morgan fingerprint density at radius 1 is 1.30 bits per heavy atom. The molecule has 23 heavy (non-hydrogen) atoms. The summed E-state index contributed by atoms with van der Waals surface area (Å²) in [5, 5.41) is 3.24. The Morgan fingerprint density at radius 2 is 2.17 bits per heavy atom. The van der Waals surface area contributed by atoms with Gasteiger partial charge in [-0.05, 0) is 25.7 Å². The van der Waals surface area contributed by atoms with E-state index in [1.807, 2.05) is 0 Å². The summed E-state index contributed by atoms with van der Waals surface area (Å²) in [5.41, 5.74) is 1.08. The molecule has 0 bridgehead atoms. The molecule has 1 aliphatic carbocycles. The van der Waals surface area contributed by atoms with Crippen LogP contribution in [-0.4, -0.2) is 48.3 Å². The van der Waals surface area contributed by atoms with Crippen molar-refractivity contribution in [1.29, 1.82) is 0 Å². The number of aromatic nitrogens is 1. The third kappa shape index (κ3) is 3.63. The molecular formula is C18H28N2O2S. The minimum absolute atomic E-state index is 0.313. The smallest absolute Gasteiger partial charge is 0.0901 e. The predicted molar refractivity (Wildman–Crippen MR) is 91.7 cm³/mol. The number of hydrogen-bond acceptors (Lipinski definition) is 5. The first kappa shape index (κ1) is 16.0. The zero-order chi connectivity index (χ0) is 15.6. The second-order valence-electron chi connectivity index (χ2n) is 7.43. The van der Waals surface area contributed by atoms with Crippen molar-refractivity contribution in [3.8, 4) is 0 Å². The summed E-state index contributed by atoms with van der Waals surface area (Å²) in [4.78, 5) is 7.19. The average Bonchev–Trinajstić information content (AvgIpc) is 3.25. The summed E-state index contributed by atoms with van der Waals surface area (Å²) in [5.74, 6) is 1.45. The van der Waals surface area contributed by atoms with Gasteiger partial charge in [-0.2, -0.15) is 0 Å². The molecular weight excluding hydrogens is 308 g/mol. The van der Waals surface area contributed by atoms with Crippen molar-refractivity contribution in [3.63, 3.8) is 0 Å². The molecule has 0 unspecified atom stereocenters. The van der Waals surface area contributed by atoms with Gasteiger partial charge in [-0.1, -0.05) is 19.3 Å². The maximum absolute atomic E-state index is 6.26. The van der Waals surface area contributed by atoms with Gasteiger partial charge in [-0.3, -0.25) is 4.90 Å². The largest absolute Gasteiger partial charge is 0.379 e. The number of hydrogen-bond donors (Lipinski definition) is 0. The van der Waals surface area contributed by atoms with Crippen LogP contribution in [-0.2, 0) is 16.1 Å². The molecule has 0 amide bonds. The molecule has 3 atom stereocenters. The number of rotatable bonds is 5. The average molecular weight is 337 g/mol. The fourth-order valence-electron chi connectivity index (χ4n) is 4.55. The third-order valence-electron chi connectivity index (χ3n) is 5.78. The molecule has 1 aromatic heterocycles. The fraction of sp³-hybridized carbons (Fsp3) is 0.833. The van der Waals surface area contributed by atoms with Crippen LogP contribution in [0, 0.1) is 18.8 Å². The summed E-state index contributed by atoms with van der Waals surface area (Å²) in [6, 6.07) is 0.582. The van der Waals surface area contributed by atoms with Crippen LogP contribution in [0.1, 0.15) is 42.8 Å². The predicted octanol–water partition coefficient (Wildman–Crippen LogP) is 3.25. The standard InChI is InChI=1S/C18H28N2O2S/c1-13-19-15(12-23-13)9-22-18-8-20(17-11-21-10-16(17)18)7-14-5-3-2-4-6-14/h12,14,16-18H,2-11H2,1H3/t16-,17+,18+/m0/s1. The number of thiazole rings is 1. The molecule has 0 N–H and O–H groups in total. The van der Waals surface area contributed by atoms with Gasteiger partial charge in [0.1, 0.15) is 0 Å². The zero-order valence-corrected chi connectivity index (χ0v) is 14.9. The molecule has 3 heterocycles. The Hall–Kier alpha value is -0.490. The molecule has 5 heteroatoms. The summed E-state index contributed by atoms with van der Waals surface area (Å²) in [6.07, 6.45) is 7.42. The maximum atomic E-state index is 6.26. The molecule has 128 valence electrons. The van der Waals surface area contributed by atoms with E-state index in [9.17, 15) is 0 Å². The van der Waals surface area contributed by atoms with Crippen molar-refractivity contribution >= 4 is 11.3 Å². The van der Waals surface area contributed by atoms with E-state index in [0.717, 1.165) is 36.4 Å². The molecule has 2 aliphatic heterocycles. The summed E-state index contributed by atoms with van der Waals surface area (Å²) in [7, 11) is 0. The van der Waals surface area contributed by atoms with Gasteiger partial charge in [-0.25, -0.2) is 4.98 Å². The van der Waals surface area contributed by atoms with E-state index in [0.29, 0.717) is 24.7 Å². The highest BCUT2D eigenvalue weighted by atomic mass is 32.1. The van der Waals surface area contributed by atoms with Gasteiger partial charge < -0.3 is 9.47 Å². The highest BCUT2D eigenvalue weighted by molar-refractivity contribution is 7.09. The van der Waals surface area contributed by atoms with E-state index >= 15 is 0 Å². The fourth-order valence-corrected chi connectivity index (χ4v) is 5.14. The van der Waals surface area contributed by atoms with Gasteiger partial charge in [0.25, 0.3) is 0 Å². The molecule has 1 aromatic rings. The highest BCUT2D eigenvalue weighted by Crippen LogP contribution is 2.35. The number of nitrogens with zero attached hydrogens (tertiary/aromatic N) is 2. The van der Waals surface area contributed by atoms with Crippen LogP contribution in [0.5, 0.6) is 0 Å². The van der Waals surface area contributed by atoms with Crippen LogP contribution < -0.4 is 0 Å². The Labute approximate surface area is 143 Å². The second-order valence-corrected chi connectivity index (χ2v) is 8.50. The molecule has 2 saturated heterocycles. The van der Waals surface area contributed by atoms with Crippen molar-refractivity contribution in [3.05, 3.63) is 16.1 Å². The zero-order valence-electron chi connectivity index (χ0n) is 14.1. The lowest BCUT2D eigenvalue weighted by Gasteiger charge is -2.29. The first-order chi connectivity index (χ1) is 11.3. The number of fused-ring (bicyclic) bond motifs is 1. The lowest BCUT2D eigenvalue weighted by Crippen LogP contribution is -2.37. The van der Waals surface area contributed by atoms with Gasteiger partial charge in [-0.15, -0.1) is 11.3 Å². The summed E-state index contributed by atoms with van der Waals surface area (Å²) in [6.45, 7) is 6.80. The Bertz CT molecular complexity index is 515. The normalized spacial score (nSPS) is 32.5. The molecule has 0 aromatic carbocycles. The minimum atomic E-state index is 0.313. The van der Waals surface area contributed by atoms with Crippen LogP contribution in [0.2, 0.25) is 0 Å². The van der Waals surface area contributed by atoms with Gasteiger partial charge in [0.15, 0.2) is 0 Å². The van der Waals surface area contributed by atoms with Gasteiger partial charge in [0.05, 0.1) is 36.6 Å². The molecule has 4 nitrogen and oxygen atoms in total. The molecule has 0 radical (unpaired) electrons. The van der Waals surface area contributed by atoms with E-state index in [1.165, 1.54) is 38.6 Å². The monoisotopic (exact) mass is 336 g/mol. The lowest BCUT2D eigenvalue weighted by molar-refractivity contribution is 0.00684. The maximum Gasteiger partial charge on any atom is 0.0901 e. The van der Waals surface area contributed by atoms with E-state index < -0.39 is 0 Å². The Balaban J connectivity index is 1.34. The summed E-state index contributed by atoms with van der Waals surface area (Å²) < 4.78 is 12.0. The van der Waals surface area contributed by atoms with Gasteiger partial charge in [0.2, 0.25) is 0 Å². The van der Waals surface area contributed by atoms with Crippen molar-refractivity contribution < 1.29 is 9.47 Å². The topological polar surface area (TPSA) is 34.6 Å². The molecule has 1 saturated carbocycles. The van der Waals surface area contributed by atoms with Crippen molar-refractivity contribution in [1.82, 2.24) is 9.88 Å². The van der Waals surface area contributed by atoms with E-state index in [4.69, 9.17) is 9.47 Å². The first-order valence-electron chi connectivity index (χ1n) is 9.14. The third-order valence-corrected chi connectivity index (χ3v) is 6.61. The Kier molecular flexibility index (Phi) is 4.99. The first-order valence-corrected chi connectivity index (χ1v) is 10.0. The van der Waals surface area contributed by atoms with Gasteiger partial charge >= 0.3 is 0 Å². The number of aryl methyl sites for hydroxylation is 1. The van der Waals surface area contributed by atoms with E-state index in [2.05, 4.69) is 22.2 Å². The van der Waals surface area contributed by atoms with Crippen LogP contribution >= 0.6 is 11.3 Å². The summed E-state index contributed by atoms with van der Waals surface area (Å²) >= 11 is 1.70. The van der Waals surface area contributed by atoms with E-state index in [-0.39, 0.29) is 0 Å². The molecule has 4 rings (SSSR count). The van der Waals surface area contributed by atoms with Crippen molar-refractivity contribution in [2.24, 2.45) is 11.8 Å². The van der Waals surface area contributed by atoms with Crippen LogP contribution in [0.15, 0.2) is 5.38 Å². The lowest BCUT2D eigenvalue weighted by atomic mass is 9.89. The van der Waals surface area contributed by atoms with E-state index in [1.54, 1.807) is 11.3 Å². The number of likely N-dealkylation sites (tertiary alicyclic amines) is 1. The number of ether oxygens (including phenoxy) is 2. The Morgan fingerprint density at radius 3 is 2.96 bits per heavy atom. The SMILES string of the molecule is Cc1nc(CO[C@@H]2CN(CC3CCCCC3)[C@@H]3COC[C@@H]32)cs1. The highest BCUT2D eigenvalue weighted by Gasteiger charge is 2.46. The molecule has 3 aliphatic rings. The van der Waals surface area contributed by atoms with Crippen LogP contribution in [0.25, 0.3) is 0 Å². The molecule has 3 fully saturated rings. The molecule has 0 spiro atoms. The van der Waals surface area contributed by atoms with Crippen molar-refractivity contribution in [2.45, 2.75) is 57.8 Å².